The molecule has 2 rings (SSSR count). The summed E-state index contributed by atoms with van der Waals surface area (Å²) >= 11 is 0. The third-order valence-electron chi connectivity index (χ3n) is 1.72. The number of hydrogen-bond donors (Lipinski definition) is 2. The van der Waals surface area contributed by atoms with E-state index in [0.29, 0.717) is 17.0 Å². The minimum atomic E-state index is -0.151. The summed E-state index contributed by atoms with van der Waals surface area (Å²) in [4.78, 5) is 18.0. The maximum atomic E-state index is 11.2. The van der Waals surface area contributed by atoms with Crippen LogP contribution in [0.2, 0.25) is 0 Å². The van der Waals surface area contributed by atoms with Crippen LogP contribution in [0, 0.1) is 0 Å². The zero-order valence-corrected chi connectivity index (χ0v) is 8.53. The van der Waals surface area contributed by atoms with E-state index in [4.69, 9.17) is 5.73 Å². The van der Waals surface area contributed by atoms with E-state index in [1.54, 1.807) is 17.9 Å². The van der Waals surface area contributed by atoms with Gasteiger partial charge >= 0.3 is 0 Å². The molecule has 0 aliphatic carbocycles. The Morgan fingerprint density at radius 2 is 2.14 bits per heavy atom. The fourth-order valence-corrected chi connectivity index (χ4v) is 1.14. The summed E-state index contributed by atoms with van der Waals surface area (Å²) in [6, 6.07) is 1.33. The van der Waals surface area contributed by atoms with E-state index in [9.17, 15) is 4.79 Å². The number of imidazole rings is 1. The first kappa shape index (κ1) is 10.3. The Bertz CT molecular complexity index is 483. The van der Waals surface area contributed by atoms with Crippen molar-refractivity contribution in [1.29, 1.82) is 0 Å². The normalized spacial score (nSPS) is 9.64. The third-order valence-corrected chi connectivity index (χ3v) is 1.72. The molecule has 0 spiro atoms. The highest BCUT2D eigenvalue weighted by molar-refractivity contribution is 5.72. The van der Waals surface area contributed by atoms with Crippen molar-refractivity contribution in [2.24, 2.45) is 7.05 Å². The molecule has 3 N–H and O–H groups in total. The molecular weight excluding hydrogens is 180 g/mol. The van der Waals surface area contributed by atoms with Gasteiger partial charge in [0.2, 0.25) is 5.43 Å². The van der Waals surface area contributed by atoms with Crippen LogP contribution in [-0.4, -0.2) is 14.5 Å². The van der Waals surface area contributed by atoms with E-state index < -0.39 is 0 Å². The quantitative estimate of drug-likeness (QED) is 0.653. The van der Waals surface area contributed by atoms with Crippen LogP contribution in [0.4, 0.5) is 5.82 Å². The fourth-order valence-electron chi connectivity index (χ4n) is 1.14. The average molecular weight is 194 g/mol. The Hall–Kier alpha value is -1.78. The van der Waals surface area contributed by atoms with Crippen LogP contribution in [0.5, 0.6) is 0 Å². The lowest BCUT2D eigenvalue weighted by Crippen LogP contribution is -2.05. The first-order valence-electron chi connectivity index (χ1n) is 4.48. The van der Waals surface area contributed by atoms with Crippen LogP contribution in [0.15, 0.2) is 17.2 Å². The van der Waals surface area contributed by atoms with E-state index in [-0.39, 0.29) is 5.43 Å². The zero-order chi connectivity index (χ0) is 10.7. The van der Waals surface area contributed by atoms with Crippen molar-refractivity contribution >= 4 is 17.0 Å². The van der Waals surface area contributed by atoms with Crippen molar-refractivity contribution in [2.75, 3.05) is 5.73 Å². The molecule has 0 bridgehead atoms. The van der Waals surface area contributed by atoms with Gasteiger partial charge in [-0.1, -0.05) is 13.8 Å². The predicted octanol–water partition coefficient (Wildman–Crippen LogP) is 0.870. The summed E-state index contributed by atoms with van der Waals surface area (Å²) in [7, 11) is 1.80. The maximum absolute atomic E-state index is 11.2. The minimum Gasteiger partial charge on any atom is -0.385 e. The van der Waals surface area contributed by atoms with Gasteiger partial charge in [-0.15, -0.1) is 0 Å². The van der Waals surface area contributed by atoms with E-state index in [2.05, 4.69) is 9.97 Å². The molecule has 0 aliphatic heterocycles. The van der Waals surface area contributed by atoms with Crippen molar-refractivity contribution in [2.45, 2.75) is 13.8 Å². The van der Waals surface area contributed by atoms with Gasteiger partial charge in [-0.05, 0) is 0 Å². The van der Waals surface area contributed by atoms with Crippen molar-refractivity contribution in [1.82, 2.24) is 14.5 Å². The number of nitrogen functional groups attached to an aromatic ring is 1. The number of nitrogens with one attached hydrogen (secondary N) is 1. The Balaban J connectivity index is 0.000000461. The highest BCUT2D eigenvalue weighted by Gasteiger charge is 2.03. The molecule has 2 aromatic heterocycles. The average Bonchev–Trinajstić information content (AvgIpc) is 2.52. The number of rotatable bonds is 0. The summed E-state index contributed by atoms with van der Waals surface area (Å²) in [5, 5.41) is 0. The molecule has 2 heterocycles. The number of fused-ring (bicyclic) bond motifs is 1. The SMILES string of the molecule is CC.Cn1cnc2c(=O)cc(N)[nH]c21. The second-order valence-corrected chi connectivity index (χ2v) is 2.64. The van der Waals surface area contributed by atoms with Crippen LogP contribution >= 0.6 is 0 Å². The molecule has 0 atom stereocenters. The number of hydrogen-bond acceptors (Lipinski definition) is 3. The van der Waals surface area contributed by atoms with Crippen LogP contribution in [0.25, 0.3) is 11.2 Å². The van der Waals surface area contributed by atoms with E-state index in [1.807, 2.05) is 13.8 Å². The topological polar surface area (TPSA) is 76.7 Å². The number of H-pyrrole nitrogens is 1. The second-order valence-electron chi connectivity index (χ2n) is 2.64. The molecule has 0 radical (unpaired) electrons. The minimum absolute atomic E-state index is 0.151. The standard InChI is InChI=1S/C7H8N4O.C2H6/c1-11-3-9-6-4(12)2-5(8)10-7(6)11;1-2/h2-3H,1H3,(H3,8,10,12);1-2H3. The first-order valence-corrected chi connectivity index (χ1v) is 4.48. The van der Waals surface area contributed by atoms with Crippen molar-refractivity contribution in [3.63, 3.8) is 0 Å². The van der Waals surface area contributed by atoms with E-state index in [1.165, 1.54) is 6.07 Å². The number of aryl methyl sites for hydroxylation is 1. The molecule has 0 aliphatic rings. The number of nitrogens with two attached hydrogens (primary N) is 1. The molecule has 0 saturated carbocycles. The van der Waals surface area contributed by atoms with E-state index >= 15 is 0 Å². The number of aromatic amines is 1. The van der Waals surface area contributed by atoms with E-state index in [0.717, 1.165) is 0 Å². The lowest BCUT2D eigenvalue weighted by molar-refractivity contribution is 0.932. The largest absolute Gasteiger partial charge is 0.385 e. The Labute approximate surface area is 81.6 Å². The molecule has 0 amide bonds. The highest BCUT2D eigenvalue weighted by atomic mass is 16.1. The summed E-state index contributed by atoms with van der Waals surface area (Å²) in [6.07, 6.45) is 1.57. The lowest BCUT2D eigenvalue weighted by Gasteiger charge is -1.95. The van der Waals surface area contributed by atoms with Crippen LogP contribution < -0.4 is 11.2 Å². The second kappa shape index (κ2) is 3.95. The highest BCUT2D eigenvalue weighted by Crippen LogP contribution is 2.04. The summed E-state index contributed by atoms with van der Waals surface area (Å²) in [5.74, 6) is 0.358. The number of pyridine rings is 1. The monoisotopic (exact) mass is 194 g/mol. The summed E-state index contributed by atoms with van der Waals surface area (Å²) in [6.45, 7) is 4.00. The summed E-state index contributed by atoms with van der Waals surface area (Å²) < 4.78 is 1.72. The van der Waals surface area contributed by atoms with Gasteiger partial charge in [0.15, 0.2) is 5.52 Å². The predicted molar refractivity (Wildman–Crippen MR) is 57.1 cm³/mol. The van der Waals surface area contributed by atoms with Gasteiger partial charge in [-0.2, -0.15) is 0 Å². The van der Waals surface area contributed by atoms with Crippen LogP contribution in [0.1, 0.15) is 13.8 Å². The van der Waals surface area contributed by atoms with Crippen molar-refractivity contribution in [3.8, 4) is 0 Å². The first-order chi connectivity index (χ1) is 6.68. The van der Waals surface area contributed by atoms with Gasteiger partial charge in [0.1, 0.15) is 11.5 Å². The van der Waals surface area contributed by atoms with Crippen LogP contribution in [-0.2, 0) is 7.05 Å². The third kappa shape index (κ3) is 1.61. The Morgan fingerprint density at radius 1 is 1.50 bits per heavy atom. The van der Waals surface area contributed by atoms with Gasteiger partial charge in [-0.3, -0.25) is 4.79 Å². The van der Waals surface area contributed by atoms with Gasteiger partial charge in [0, 0.05) is 13.1 Å². The maximum Gasteiger partial charge on any atom is 0.211 e. The fraction of sp³-hybridized carbons (Fsp3) is 0.333. The van der Waals surface area contributed by atoms with Crippen molar-refractivity contribution in [3.05, 3.63) is 22.6 Å². The summed E-state index contributed by atoms with van der Waals surface area (Å²) in [5.41, 5.74) is 6.38. The molecule has 2 aromatic rings. The Kier molecular flexibility index (Phi) is 2.91. The molecule has 0 saturated heterocycles. The number of aromatic nitrogens is 3. The van der Waals surface area contributed by atoms with Crippen molar-refractivity contribution < 1.29 is 0 Å². The molecule has 5 nitrogen and oxygen atoms in total. The molecular formula is C9H14N4O. The van der Waals surface area contributed by atoms with Gasteiger partial charge in [0.25, 0.3) is 0 Å². The lowest BCUT2D eigenvalue weighted by atomic mass is 10.4. The molecule has 0 unspecified atom stereocenters. The molecule has 0 aromatic carbocycles. The van der Waals surface area contributed by atoms with Crippen LogP contribution in [0.3, 0.4) is 0 Å². The molecule has 5 heteroatoms. The smallest absolute Gasteiger partial charge is 0.211 e. The zero-order valence-electron chi connectivity index (χ0n) is 8.53. The van der Waals surface area contributed by atoms with Gasteiger partial charge < -0.3 is 15.3 Å². The number of nitrogens with zero attached hydrogens (tertiary/aromatic N) is 2. The Morgan fingerprint density at radius 3 is 2.79 bits per heavy atom. The number of anilines is 1. The van der Waals surface area contributed by atoms with Gasteiger partial charge in [-0.25, -0.2) is 4.98 Å². The molecule has 0 fully saturated rings. The molecule has 14 heavy (non-hydrogen) atoms. The molecule has 76 valence electrons. The van der Waals surface area contributed by atoms with Gasteiger partial charge in [0.05, 0.1) is 6.33 Å².